The number of hydrogen-bond donors (Lipinski definition) is 1. The number of likely N-dealkylation sites (N-methyl/N-ethyl adjacent to an activating group) is 2. The molecule has 0 bridgehead atoms. The van der Waals surface area contributed by atoms with Crippen LogP contribution in [0.5, 0.6) is 0 Å². The second kappa shape index (κ2) is 6.88. The molecule has 1 aliphatic carbocycles. The van der Waals surface area contributed by atoms with E-state index in [9.17, 15) is 0 Å². The van der Waals surface area contributed by atoms with Crippen LogP contribution in [0.3, 0.4) is 0 Å². The summed E-state index contributed by atoms with van der Waals surface area (Å²) >= 11 is 0. The molecule has 1 saturated carbocycles. The molecule has 1 N–H and O–H groups in total. The number of hydrogen-bond acceptors (Lipinski definition) is 3. The summed E-state index contributed by atoms with van der Waals surface area (Å²) in [6.45, 7) is 9.60. The molecule has 3 atom stereocenters. The average Bonchev–Trinajstić information content (AvgIpc) is 2.89. The molecule has 18 heavy (non-hydrogen) atoms. The number of nitrogens with zero attached hydrogens (tertiary/aromatic N) is 2. The molecular weight excluding hydrogens is 222 g/mol. The van der Waals surface area contributed by atoms with Crippen molar-refractivity contribution in [3.63, 3.8) is 0 Å². The van der Waals surface area contributed by atoms with Crippen molar-refractivity contribution < 1.29 is 0 Å². The van der Waals surface area contributed by atoms with Crippen molar-refractivity contribution in [2.24, 2.45) is 0 Å². The SMILES string of the molecule is CCN(CC)C1CCN(C2CCCCC2NC)C1. The topological polar surface area (TPSA) is 18.5 Å². The maximum atomic E-state index is 3.55. The smallest absolute Gasteiger partial charge is 0.0249 e. The normalized spacial score (nSPS) is 34.3. The minimum Gasteiger partial charge on any atom is -0.315 e. The van der Waals surface area contributed by atoms with Gasteiger partial charge in [0, 0.05) is 31.2 Å². The molecule has 1 aliphatic heterocycles. The molecule has 0 spiro atoms. The molecule has 3 nitrogen and oxygen atoms in total. The lowest BCUT2D eigenvalue weighted by atomic mass is 9.89. The summed E-state index contributed by atoms with van der Waals surface area (Å²) in [6.07, 6.45) is 6.98. The van der Waals surface area contributed by atoms with Crippen LogP contribution >= 0.6 is 0 Å². The summed E-state index contributed by atoms with van der Waals surface area (Å²) in [5, 5.41) is 3.55. The fourth-order valence-electron chi connectivity index (χ4n) is 3.99. The van der Waals surface area contributed by atoms with E-state index in [1.165, 1.54) is 58.3 Å². The first kappa shape index (κ1) is 14.3. The van der Waals surface area contributed by atoms with Crippen LogP contribution in [0.15, 0.2) is 0 Å². The Morgan fingerprint density at radius 3 is 2.50 bits per heavy atom. The van der Waals surface area contributed by atoms with Gasteiger partial charge in [-0.1, -0.05) is 26.7 Å². The lowest BCUT2D eigenvalue weighted by molar-refractivity contribution is 0.135. The van der Waals surface area contributed by atoms with Crippen molar-refractivity contribution in [3.8, 4) is 0 Å². The first-order valence-corrected chi connectivity index (χ1v) is 7.95. The molecule has 106 valence electrons. The molecule has 0 aromatic rings. The lowest BCUT2D eigenvalue weighted by Gasteiger charge is -2.38. The van der Waals surface area contributed by atoms with Crippen molar-refractivity contribution in [2.75, 3.05) is 33.2 Å². The molecule has 2 aliphatic rings. The van der Waals surface area contributed by atoms with Crippen LogP contribution in [0.25, 0.3) is 0 Å². The van der Waals surface area contributed by atoms with E-state index < -0.39 is 0 Å². The van der Waals surface area contributed by atoms with Crippen molar-refractivity contribution in [3.05, 3.63) is 0 Å². The van der Waals surface area contributed by atoms with Gasteiger partial charge in [0.15, 0.2) is 0 Å². The van der Waals surface area contributed by atoms with Crippen LogP contribution < -0.4 is 5.32 Å². The minimum atomic E-state index is 0.731. The van der Waals surface area contributed by atoms with Gasteiger partial charge in [-0.25, -0.2) is 0 Å². The molecule has 1 saturated heterocycles. The number of likely N-dealkylation sites (tertiary alicyclic amines) is 1. The summed E-state index contributed by atoms with van der Waals surface area (Å²) in [6, 6.07) is 2.33. The van der Waals surface area contributed by atoms with E-state index in [-0.39, 0.29) is 0 Å². The molecule has 1 heterocycles. The highest BCUT2D eigenvalue weighted by molar-refractivity contribution is 4.93. The van der Waals surface area contributed by atoms with Gasteiger partial charge in [-0.15, -0.1) is 0 Å². The van der Waals surface area contributed by atoms with Crippen molar-refractivity contribution in [2.45, 2.75) is 64.1 Å². The third kappa shape index (κ3) is 3.06. The lowest BCUT2D eigenvalue weighted by Crippen LogP contribution is -2.51. The third-order valence-electron chi connectivity index (χ3n) is 5.09. The Balaban J connectivity index is 1.90. The predicted molar refractivity (Wildman–Crippen MR) is 78.0 cm³/mol. The van der Waals surface area contributed by atoms with Gasteiger partial charge in [-0.3, -0.25) is 9.80 Å². The summed E-state index contributed by atoms with van der Waals surface area (Å²) in [5.74, 6) is 0. The van der Waals surface area contributed by atoms with Gasteiger partial charge in [0.25, 0.3) is 0 Å². The Hall–Kier alpha value is -0.120. The van der Waals surface area contributed by atoms with Crippen molar-refractivity contribution in [1.29, 1.82) is 0 Å². The summed E-state index contributed by atoms with van der Waals surface area (Å²) in [4.78, 5) is 5.40. The zero-order valence-corrected chi connectivity index (χ0v) is 12.5. The first-order chi connectivity index (χ1) is 8.80. The zero-order valence-electron chi connectivity index (χ0n) is 12.5. The van der Waals surface area contributed by atoms with Gasteiger partial charge in [0.05, 0.1) is 0 Å². The molecule has 0 radical (unpaired) electrons. The summed E-state index contributed by atoms with van der Waals surface area (Å²) in [7, 11) is 2.14. The monoisotopic (exact) mass is 253 g/mol. The zero-order chi connectivity index (χ0) is 13.0. The van der Waals surface area contributed by atoms with Crippen LogP contribution in [0, 0.1) is 0 Å². The molecule has 2 rings (SSSR count). The Kier molecular flexibility index (Phi) is 5.46. The van der Waals surface area contributed by atoms with Crippen LogP contribution in [0.1, 0.15) is 46.0 Å². The van der Waals surface area contributed by atoms with E-state index in [0.29, 0.717) is 0 Å². The largest absolute Gasteiger partial charge is 0.315 e. The minimum absolute atomic E-state index is 0.731. The van der Waals surface area contributed by atoms with Gasteiger partial charge in [0.1, 0.15) is 0 Å². The van der Waals surface area contributed by atoms with Crippen LogP contribution in [-0.4, -0.2) is 61.2 Å². The second-order valence-electron chi connectivity index (χ2n) is 5.91. The first-order valence-electron chi connectivity index (χ1n) is 7.95. The Labute approximate surface area is 113 Å². The van der Waals surface area contributed by atoms with E-state index in [4.69, 9.17) is 0 Å². The fourth-order valence-corrected chi connectivity index (χ4v) is 3.99. The standard InChI is InChI=1S/C15H31N3/c1-4-17(5-2)13-10-11-18(12-13)15-9-7-6-8-14(15)16-3/h13-16H,4-12H2,1-3H3. The van der Waals surface area contributed by atoms with E-state index >= 15 is 0 Å². The maximum Gasteiger partial charge on any atom is 0.0249 e. The Morgan fingerprint density at radius 2 is 1.83 bits per heavy atom. The average molecular weight is 253 g/mol. The highest BCUT2D eigenvalue weighted by Gasteiger charge is 2.35. The molecule has 3 heteroatoms. The molecule has 0 aromatic carbocycles. The van der Waals surface area contributed by atoms with Gasteiger partial charge in [0.2, 0.25) is 0 Å². The number of nitrogens with one attached hydrogen (secondary N) is 1. The van der Waals surface area contributed by atoms with Crippen molar-refractivity contribution in [1.82, 2.24) is 15.1 Å². The molecule has 0 aromatic heterocycles. The van der Waals surface area contributed by atoms with Crippen LogP contribution in [0.4, 0.5) is 0 Å². The Bertz CT molecular complexity index is 240. The van der Waals surface area contributed by atoms with Crippen molar-refractivity contribution >= 4 is 0 Å². The van der Waals surface area contributed by atoms with Gasteiger partial charge in [-0.2, -0.15) is 0 Å². The molecule has 2 fully saturated rings. The number of rotatable bonds is 5. The quantitative estimate of drug-likeness (QED) is 0.808. The van der Waals surface area contributed by atoms with E-state index in [1.807, 2.05) is 0 Å². The highest BCUT2D eigenvalue weighted by Crippen LogP contribution is 2.27. The van der Waals surface area contributed by atoms with Gasteiger partial charge >= 0.3 is 0 Å². The van der Waals surface area contributed by atoms with Crippen LogP contribution in [-0.2, 0) is 0 Å². The van der Waals surface area contributed by atoms with E-state index in [1.54, 1.807) is 0 Å². The van der Waals surface area contributed by atoms with Gasteiger partial charge in [-0.05, 0) is 39.4 Å². The fraction of sp³-hybridized carbons (Fsp3) is 1.00. The van der Waals surface area contributed by atoms with Gasteiger partial charge < -0.3 is 5.32 Å². The Morgan fingerprint density at radius 1 is 1.11 bits per heavy atom. The highest BCUT2D eigenvalue weighted by atomic mass is 15.3. The molecular formula is C15H31N3. The maximum absolute atomic E-state index is 3.55. The second-order valence-corrected chi connectivity index (χ2v) is 5.91. The van der Waals surface area contributed by atoms with E-state index in [2.05, 4.69) is 36.0 Å². The predicted octanol–water partition coefficient (Wildman–Crippen LogP) is 1.93. The van der Waals surface area contributed by atoms with Crippen LogP contribution in [0.2, 0.25) is 0 Å². The third-order valence-corrected chi connectivity index (χ3v) is 5.09. The molecule has 3 unspecified atom stereocenters. The van der Waals surface area contributed by atoms with E-state index in [0.717, 1.165) is 18.1 Å². The summed E-state index contributed by atoms with van der Waals surface area (Å²) < 4.78 is 0. The molecule has 0 amide bonds. The summed E-state index contributed by atoms with van der Waals surface area (Å²) in [5.41, 5.74) is 0.